The Morgan fingerprint density at radius 3 is 2.40 bits per heavy atom. The van der Waals surface area contributed by atoms with Gasteiger partial charge in [-0.1, -0.05) is 30.9 Å². The van der Waals surface area contributed by atoms with Crippen molar-refractivity contribution in [2.24, 2.45) is 0 Å². The third kappa shape index (κ3) is 2.86. The fourth-order valence-electron chi connectivity index (χ4n) is 1.36. The van der Waals surface area contributed by atoms with E-state index >= 15 is 0 Å². The zero-order valence-corrected chi connectivity index (χ0v) is 6.68. The summed E-state index contributed by atoms with van der Waals surface area (Å²) in [5, 5.41) is 8.65. The molecular weight excluding hydrogens is 152 g/mol. The smallest absolute Gasteiger partial charge is 0.234 e. The zero-order valence-electron chi connectivity index (χ0n) is 5.92. The van der Waals surface area contributed by atoms with Crippen molar-refractivity contribution >= 4 is 11.6 Å². The zero-order chi connectivity index (χ0) is 7.40. The number of aliphatic hydroxyl groups excluding tert-OH is 1. The summed E-state index contributed by atoms with van der Waals surface area (Å²) in [4.78, 5) is 0. The van der Waals surface area contributed by atoms with Crippen molar-refractivity contribution in [1.82, 2.24) is 0 Å². The van der Waals surface area contributed by atoms with Crippen molar-refractivity contribution in [2.75, 3.05) is 0 Å². The van der Waals surface area contributed by atoms with E-state index in [1.165, 1.54) is 19.3 Å². The van der Waals surface area contributed by atoms with Gasteiger partial charge in [-0.2, -0.15) is 0 Å². The van der Waals surface area contributed by atoms with Gasteiger partial charge in [-0.05, 0) is 12.8 Å². The molecule has 0 aromatic rings. The molecule has 0 aromatic heterocycles. The average Bonchev–Trinajstić information content (AvgIpc) is 1.88. The molecule has 3 heteroatoms. The summed E-state index contributed by atoms with van der Waals surface area (Å²) in [5.41, 5.74) is 0. The maximum atomic E-state index is 8.65. The molecule has 0 bridgehead atoms. The molecule has 1 N–H and O–H groups in total. The first-order valence-electron chi connectivity index (χ1n) is 3.76. The Hall–Kier alpha value is 0.210. The summed E-state index contributed by atoms with van der Waals surface area (Å²) in [6, 6.07) is 0. The van der Waals surface area contributed by atoms with Gasteiger partial charge in [0.15, 0.2) is 0 Å². The molecule has 1 unspecified atom stereocenters. The second-order valence-electron chi connectivity index (χ2n) is 2.69. The molecule has 60 valence electrons. The molecule has 1 aliphatic carbocycles. The minimum Gasteiger partial charge on any atom is -0.356 e. The molecule has 0 saturated heterocycles. The van der Waals surface area contributed by atoms with Gasteiger partial charge in [-0.25, -0.2) is 0 Å². The van der Waals surface area contributed by atoms with Crippen LogP contribution in [-0.4, -0.2) is 17.0 Å². The van der Waals surface area contributed by atoms with E-state index in [-0.39, 0.29) is 6.10 Å². The third-order valence-corrected chi connectivity index (χ3v) is 1.96. The minimum absolute atomic E-state index is 0.196. The van der Waals surface area contributed by atoms with Crippen molar-refractivity contribution in [2.45, 2.75) is 44.0 Å². The quantitative estimate of drug-likeness (QED) is 0.499. The molecular formula is C7H13ClO2. The van der Waals surface area contributed by atoms with E-state index in [4.69, 9.17) is 21.4 Å². The highest BCUT2D eigenvalue weighted by Gasteiger charge is 2.15. The van der Waals surface area contributed by atoms with E-state index in [0.717, 1.165) is 12.8 Å². The van der Waals surface area contributed by atoms with E-state index in [0.29, 0.717) is 0 Å². The molecule has 2 nitrogen and oxygen atoms in total. The Kier molecular flexibility index (Phi) is 3.46. The van der Waals surface area contributed by atoms with Crippen LogP contribution >= 0.6 is 11.6 Å². The Morgan fingerprint density at radius 2 is 1.90 bits per heavy atom. The van der Waals surface area contributed by atoms with Crippen molar-refractivity contribution in [3.63, 3.8) is 0 Å². The number of alkyl halides is 1. The Balaban J connectivity index is 2.13. The number of halogens is 1. The Bertz CT molecular complexity index is 89.6. The van der Waals surface area contributed by atoms with Crippen LogP contribution in [0.5, 0.6) is 0 Å². The third-order valence-electron chi connectivity index (χ3n) is 1.86. The van der Waals surface area contributed by atoms with E-state index in [1.54, 1.807) is 0 Å². The van der Waals surface area contributed by atoms with Crippen molar-refractivity contribution in [3.8, 4) is 0 Å². The van der Waals surface area contributed by atoms with E-state index in [2.05, 4.69) is 0 Å². The standard InChI is InChI=1S/C7H13ClO2/c8-7(9)10-6-4-2-1-3-5-6/h6-7,9H,1-5H2. The normalized spacial score (nSPS) is 24.6. The first-order chi connectivity index (χ1) is 4.79. The Labute approximate surface area is 66.1 Å². The largest absolute Gasteiger partial charge is 0.356 e. The van der Waals surface area contributed by atoms with Gasteiger partial charge in [0, 0.05) is 0 Å². The summed E-state index contributed by atoms with van der Waals surface area (Å²) in [7, 11) is 0. The number of aliphatic hydroxyl groups is 1. The first-order valence-corrected chi connectivity index (χ1v) is 4.20. The summed E-state index contributed by atoms with van der Waals surface area (Å²) < 4.78 is 5.01. The molecule has 1 rings (SSSR count). The number of hydrogen-bond acceptors (Lipinski definition) is 2. The summed E-state index contributed by atoms with van der Waals surface area (Å²) in [6.45, 7) is 0. The number of hydrogen-bond donors (Lipinski definition) is 1. The van der Waals surface area contributed by atoms with Crippen LogP contribution in [0.3, 0.4) is 0 Å². The van der Waals surface area contributed by atoms with E-state index < -0.39 is 5.75 Å². The molecule has 0 aromatic carbocycles. The fourth-order valence-corrected chi connectivity index (χ4v) is 1.51. The van der Waals surface area contributed by atoms with Crippen LogP contribution in [0.1, 0.15) is 32.1 Å². The van der Waals surface area contributed by atoms with Gasteiger partial charge in [0.1, 0.15) is 0 Å². The lowest BCUT2D eigenvalue weighted by atomic mass is 9.98. The van der Waals surface area contributed by atoms with Crippen LogP contribution in [0.2, 0.25) is 0 Å². The second-order valence-corrected chi connectivity index (χ2v) is 3.06. The highest BCUT2D eigenvalue weighted by molar-refractivity contribution is 6.18. The van der Waals surface area contributed by atoms with Crippen molar-refractivity contribution in [1.29, 1.82) is 0 Å². The van der Waals surface area contributed by atoms with Crippen molar-refractivity contribution < 1.29 is 9.84 Å². The van der Waals surface area contributed by atoms with Gasteiger partial charge >= 0.3 is 0 Å². The van der Waals surface area contributed by atoms with Crippen LogP contribution in [0.4, 0.5) is 0 Å². The second kappa shape index (κ2) is 4.16. The molecule has 1 saturated carbocycles. The maximum Gasteiger partial charge on any atom is 0.234 e. The van der Waals surface area contributed by atoms with Crippen LogP contribution < -0.4 is 0 Å². The molecule has 0 aliphatic heterocycles. The first kappa shape index (κ1) is 8.31. The number of rotatable bonds is 2. The van der Waals surface area contributed by atoms with Crippen LogP contribution in [0.25, 0.3) is 0 Å². The van der Waals surface area contributed by atoms with Crippen LogP contribution in [-0.2, 0) is 4.74 Å². The monoisotopic (exact) mass is 164 g/mol. The molecule has 1 fully saturated rings. The molecule has 10 heavy (non-hydrogen) atoms. The predicted molar refractivity (Wildman–Crippen MR) is 39.8 cm³/mol. The summed E-state index contributed by atoms with van der Waals surface area (Å²) in [5.74, 6) is -1.11. The molecule has 0 radical (unpaired) electrons. The van der Waals surface area contributed by atoms with Gasteiger partial charge in [0.2, 0.25) is 5.75 Å². The van der Waals surface area contributed by atoms with Crippen LogP contribution in [0.15, 0.2) is 0 Å². The molecule has 0 heterocycles. The predicted octanol–water partition coefficient (Wildman–Crippen LogP) is 1.85. The summed E-state index contributed by atoms with van der Waals surface area (Å²) in [6.07, 6.45) is 5.98. The van der Waals surface area contributed by atoms with Gasteiger partial charge in [-0.3, -0.25) is 0 Å². The van der Waals surface area contributed by atoms with Crippen molar-refractivity contribution in [3.05, 3.63) is 0 Å². The average molecular weight is 165 g/mol. The molecule has 0 spiro atoms. The molecule has 1 atom stereocenters. The summed E-state index contributed by atoms with van der Waals surface area (Å²) >= 11 is 5.24. The maximum absolute atomic E-state index is 8.65. The van der Waals surface area contributed by atoms with Gasteiger partial charge < -0.3 is 9.84 Å². The highest BCUT2D eigenvalue weighted by atomic mass is 35.5. The van der Waals surface area contributed by atoms with Gasteiger partial charge in [0.05, 0.1) is 6.10 Å². The number of ether oxygens (including phenoxy) is 1. The van der Waals surface area contributed by atoms with E-state index in [9.17, 15) is 0 Å². The minimum atomic E-state index is -1.11. The van der Waals surface area contributed by atoms with Gasteiger partial charge in [0.25, 0.3) is 0 Å². The van der Waals surface area contributed by atoms with E-state index in [1.807, 2.05) is 0 Å². The highest BCUT2D eigenvalue weighted by Crippen LogP contribution is 2.21. The topological polar surface area (TPSA) is 29.5 Å². The lowest BCUT2D eigenvalue weighted by Crippen LogP contribution is -2.20. The lowest BCUT2D eigenvalue weighted by Gasteiger charge is -2.22. The lowest BCUT2D eigenvalue weighted by molar-refractivity contribution is -0.0928. The fraction of sp³-hybridized carbons (Fsp3) is 1.00. The molecule has 1 aliphatic rings. The molecule has 0 amide bonds. The SMILES string of the molecule is OC(Cl)OC1CCCCC1. The van der Waals surface area contributed by atoms with Crippen LogP contribution in [0, 0.1) is 0 Å². The Morgan fingerprint density at radius 1 is 1.30 bits per heavy atom. The van der Waals surface area contributed by atoms with Gasteiger partial charge in [-0.15, -0.1) is 0 Å².